The van der Waals surface area contributed by atoms with E-state index in [1.165, 1.54) is 6.07 Å². The molecule has 0 radical (unpaired) electrons. The van der Waals surface area contributed by atoms with Crippen molar-refractivity contribution in [2.75, 3.05) is 0 Å². The molecule has 0 saturated heterocycles. The van der Waals surface area contributed by atoms with Crippen LogP contribution >= 0.6 is 0 Å². The summed E-state index contributed by atoms with van der Waals surface area (Å²) in [5.41, 5.74) is 1.25. The molecule has 1 aromatic carbocycles. The number of para-hydroxylation sites is 1. The zero-order valence-corrected chi connectivity index (χ0v) is 9.11. The summed E-state index contributed by atoms with van der Waals surface area (Å²) in [5, 5.41) is 10.9. The van der Waals surface area contributed by atoms with E-state index >= 15 is 0 Å². The zero-order valence-electron chi connectivity index (χ0n) is 9.11. The van der Waals surface area contributed by atoms with Crippen molar-refractivity contribution in [1.82, 2.24) is 9.97 Å². The highest BCUT2D eigenvalue weighted by molar-refractivity contribution is 5.75. The number of nitro groups is 1. The van der Waals surface area contributed by atoms with Crippen LogP contribution in [0.1, 0.15) is 0 Å². The minimum Gasteiger partial charge on any atom is -0.434 e. The van der Waals surface area contributed by atoms with Gasteiger partial charge in [-0.2, -0.15) is 4.98 Å². The summed E-state index contributed by atoms with van der Waals surface area (Å²) >= 11 is 0. The molecule has 0 amide bonds. The molecule has 2 aromatic heterocycles. The molecule has 0 aliphatic rings. The molecular weight excluding hydrogens is 234 g/mol. The van der Waals surface area contributed by atoms with Gasteiger partial charge >= 0.3 is 0 Å². The lowest BCUT2D eigenvalue weighted by Gasteiger charge is -1.96. The number of hydrogen-bond acceptors (Lipinski definition) is 5. The molecule has 6 heteroatoms. The molecule has 0 aliphatic carbocycles. The van der Waals surface area contributed by atoms with Crippen molar-refractivity contribution in [1.29, 1.82) is 0 Å². The van der Waals surface area contributed by atoms with Crippen molar-refractivity contribution >= 4 is 16.9 Å². The Morgan fingerprint density at radius 3 is 2.78 bits per heavy atom. The highest BCUT2D eigenvalue weighted by Crippen LogP contribution is 2.30. The first kappa shape index (κ1) is 10.4. The van der Waals surface area contributed by atoms with E-state index in [4.69, 9.17) is 4.42 Å². The summed E-state index contributed by atoms with van der Waals surface area (Å²) in [6.07, 6.45) is 1.59. The summed E-state index contributed by atoms with van der Waals surface area (Å²) in [6, 6.07) is 9.75. The Hall–Kier alpha value is -2.76. The van der Waals surface area contributed by atoms with Crippen LogP contribution in [-0.4, -0.2) is 14.9 Å². The zero-order chi connectivity index (χ0) is 12.5. The summed E-state index contributed by atoms with van der Waals surface area (Å²) in [4.78, 5) is 18.6. The van der Waals surface area contributed by atoms with E-state index in [0.717, 1.165) is 0 Å². The van der Waals surface area contributed by atoms with Gasteiger partial charge < -0.3 is 4.42 Å². The number of hydrogen-bond donors (Lipinski definition) is 0. The third-order valence-corrected chi connectivity index (χ3v) is 2.50. The fraction of sp³-hybridized carbons (Fsp3) is 0. The van der Waals surface area contributed by atoms with E-state index < -0.39 is 4.92 Å². The fourth-order valence-corrected chi connectivity index (χ4v) is 1.70. The quantitative estimate of drug-likeness (QED) is 0.509. The summed E-state index contributed by atoms with van der Waals surface area (Å²) in [6.45, 7) is 0. The topological polar surface area (TPSA) is 82.1 Å². The molecule has 6 nitrogen and oxygen atoms in total. The van der Waals surface area contributed by atoms with Crippen LogP contribution in [0.4, 0.5) is 5.69 Å². The molecule has 88 valence electrons. The highest BCUT2D eigenvalue weighted by Gasteiger charge is 2.19. The van der Waals surface area contributed by atoms with Crippen LogP contribution in [0.25, 0.3) is 22.7 Å². The normalized spacial score (nSPS) is 10.7. The van der Waals surface area contributed by atoms with Gasteiger partial charge in [0.1, 0.15) is 5.56 Å². The monoisotopic (exact) mass is 241 g/mol. The maximum Gasteiger partial charge on any atom is 0.282 e. The highest BCUT2D eigenvalue weighted by atomic mass is 16.6. The Morgan fingerprint density at radius 1 is 1.17 bits per heavy atom. The summed E-state index contributed by atoms with van der Waals surface area (Å²) in [5.74, 6) is 0.205. The number of benzene rings is 1. The summed E-state index contributed by atoms with van der Waals surface area (Å²) in [7, 11) is 0. The Labute approximate surface area is 101 Å². The van der Waals surface area contributed by atoms with Crippen LogP contribution in [0.2, 0.25) is 0 Å². The molecule has 0 saturated carbocycles. The number of nitro benzene ring substituents is 1. The molecular formula is C12H7N3O3. The number of oxazole rings is 1. The van der Waals surface area contributed by atoms with Gasteiger partial charge in [-0.3, -0.25) is 10.1 Å². The molecule has 0 aliphatic heterocycles. The van der Waals surface area contributed by atoms with Gasteiger partial charge in [0.2, 0.25) is 5.89 Å². The van der Waals surface area contributed by atoms with Crippen LogP contribution in [0.15, 0.2) is 47.0 Å². The van der Waals surface area contributed by atoms with Crippen molar-refractivity contribution in [3.63, 3.8) is 0 Å². The maximum absolute atomic E-state index is 10.9. The van der Waals surface area contributed by atoms with Crippen LogP contribution in [0.5, 0.6) is 0 Å². The lowest BCUT2D eigenvalue weighted by molar-refractivity contribution is -0.384. The first-order chi connectivity index (χ1) is 8.75. The summed E-state index contributed by atoms with van der Waals surface area (Å²) < 4.78 is 5.47. The van der Waals surface area contributed by atoms with Gasteiger partial charge in [-0.05, 0) is 18.2 Å². The van der Waals surface area contributed by atoms with Crippen molar-refractivity contribution in [2.24, 2.45) is 0 Å². The average molecular weight is 241 g/mol. The lowest BCUT2D eigenvalue weighted by atomic mass is 10.2. The van der Waals surface area contributed by atoms with Crippen molar-refractivity contribution < 1.29 is 9.34 Å². The van der Waals surface area contributed by atoms with Gasteiger partial charge in [0.05, 0.1) is 4.92 Å². The molecule has 2 heterocycles. The van der Waals surface area contributed by atoms with Crippen LogP contribution in [0, 0.1) is 10.1 Å². The van der Waals surface area contributed by atoms with E-state index in [1.807, 2.05) is 0 Å². The minimum atomic E-state index is -0.461. The van der Waals surface area contributed by atoms with Gasteiger partial charge in [-0.25, -0.2) is 4.98 Å². The minimum absolute atomic E-state index is 0.0379. The van der Waals surface area contributed by atoms with Gasteiger partial charge in [0.15, 0.2) is 11.2 Å². The first-order valence-corrected chi connectivity index (χ1v) is 5.21. The Kier molecular flexibility index (Phi) is 2.26. The number of fused-ring (bicyclic) bond motifs is 1. The maximum atomic E-state index is 10.9. The standard InChI is InChI=1S/C12H7N3O3/c16-15(17)9-5-2-1-4-8(9)12-14-11-10(18-12)6-3-7-13-11/h1-7H. The Balaban J connectivity index is 2.23. The van der Waals surface area contributed by atoms with E-state index in [1.54, 1.807) is 36.5 Å². The van der Waals surface area contributed by atoms with E-state index in [2.05, 4.69) is 9.97 Å². The molecule has 0 spiro atoms. The molecule has 3 rings (SSSR count). The number of rotatable bonds is 2. The third kappa shape index (κ3) is 1.60. The first-order valence-electron chi connectivity index (χ1n) is 5.21. The van der Waals surface area contributed by atoms with E-state index in [9.17, 15) is 10.1 Å². The van der Waals surface area contributed by atoms with Crippen molar-refractivity contribution in [2.45, 2.75) is 0 Å². The van der Waals surface area contributed by atoms with Gasteiger partial charge in [0, 0.05) is 12.3 Å². The molecule has 0 fully saturated rings. The predicted octanol–water partition coefficient (Wildman–Crippen LogP) is 2.80. The Morgan fingerprint density at radius 2 is 2.00 bits per heavy atom. The van der Waals surface area contributed by atoms with E-state index in [-0.39, 0.29) is 11.6 Å². The SMILES string of the molecule is O=[N+]([O-])c1ccccc1-c1nc2ncccc2o1. The lowest BCUT2D eigenvalue weighted by Crippen LogP contribution is -1.91. The second-order valence-electron chi connectivity index (χ2n) is 3.62. The molecule has 0 atom stereocenters. The molecule has 0 unspecified atom stereocenters. The van der Waals surface area contributed by atoms with Crippen LogP contribution in [0.3, 0.4) is 0 Å². The second-order valence-corrected chi connectivity index (χ2v) is 3.62. The van der Waals surface area contributed by atoms with Gasteiger partial charge in [0.25, 0.3) is 5.69 Å². The molecule has 18 heavy (non-hydrogen) atoms. The average Bonchev–Trinajstić information content (AvgIpc) is 2.82. The van der Waals surface area contributed by atoms with Gasteiger partial charge in [-0.1, -0.05) is 12.1 Å². The predicted molar refractivity (Wildman–Crippen MR) is 63.9 cm³/mol. The van der Waals surface area contributed by atoms with Crippen LogP contribution in [-0.2, 0) is 0 Å². The number of nitrogens with zero attached hydrogens (tertiary/aromatic N) is 3. The van der Waals surface area contributed by atoms with Crippen molar-refractivity contribution in [3.8, 4) is 11.5 Å². The van der Waals surface area contributed by atoms with Crippen molar-refractivity contribution in [3.05, 3.63) is 52.7 Å². The van der Waals surface area contributed by atoms with Gasteiger partial charge in [-0.15, -0.1) is 0 Å². The Bertz CT molecular complexity index is 703. The second kappa shape index (κ2) is 3.92. The van der Waals surface area contributed by atoms with Crippen LogP contribution < -0.4 is 0 Å². The largest absolute Gasteiger partial charge is 0.434 e. The smallest absolute Gasteiger partial charge is 0.282 e. The molecule has 0 bridgehead atoms. The fourth-order valence-electron chi connectivity index (χ4n) is 1.70. The van der Waals surface area contributed by atoms with E-state index in [0.29, 0.717) is 16.8 Å². The number of aromatic nitrogens is 2. The molecule has 0 N–H and O–H groups in total. The third-order valence-electron chi connectivity index (χ3n) is 2.50. The molecule has 3 aromatic rings. The number of pyridine rings is 1.